The Hall–Kier alpha value is -1.88. The molecular formula is C17H26N2O3. The quantitative estimate of drug-likeness (QED) is 0.623. The van der Waals surface area contributed by atoms with Crippen LogP contribution in [0.25, 0.3) is 0 Å². The highest BCUT2D eigenvalue weighted by Gasteiger charge is 2.18. The van der Waals surface area contributed by atoms with Crippen LogP contribution in [-0.2, 0) is 14.3 Å². The van der Waals surface area contributed by atoms with Crippen LogP contribution in [0.2, 0.25) is 0 Å². The van der Waals surface area contributed by atoms with E-state index >= 15 is 0 Å². The minimum atomic E-state index is -0.609. The van der Waals surface area contributed by atoms with Crippen molar-refractivity contribution in [3.63, 3.8) is 0 Å². The number of methoxy groups -OCH3 is 1. The number of rotatable bonds is 6. The number of carbonyl (C=O) groups is 2. The van der Waals surface area contributed by atoms with Crippen LogP contribution < -0.4 is 10.6 Å². The molecule has 0 bridgehead atoms. The predicted octanol–water partition coefficient (Wildman–Crippen LogP) is 1.94. The first-order chi connectivity index (χ1) is 10.4. The van der Waals surface area contributed by atoms with Crippen LogP contribution in [0.3, 0.4) is 0 Å². The monoisotopic (exact) mass is 306 g/mol. The summed E-state index contributed by atoms with van der Waals surface area (Å²) in [6.45, 7) is 8.97. The molecule has 1 atom stereocenters. The third kappa shape index (κ3) is 5.15. The van der Waals surface area contributed by atoms with Crippen LogP contribution in [0.4, 0.5) is 0 Å². The summed E-state index contributed by atoms with van der Waals surface area (Å²) in [6, 6.07) is 3.95. The van der Waals surface area contributed by atoms with Crippen LogP contribution in [0.1, 0.15) is 41.6 Å². The molecule has 0 radical (unpaired) electrons. The SMILES string of the molecule is COCCCNC(=O)C(=O)N[C@@H](C)c1cc(C)c(C)cc1C. The van der Waals surface area contributed by atoms with Gasteiger partial charge in [-0.05, 0) is 56.4 Å². The Labute approximate surface area is 132 Å². The Morgan fingerprint density at radius 2 is 1.73 bits per heavy atom. The van der Waals surface area contributed by atoms with Crippen molar-refractivity contribution in [1.29, 1.82) is 0 Å². The van der Waals surface area contributed by atoms with E-state index in [9.17, 15) is 9.59 Å². The second-order valence-corrected chi connectivity index (χ2v) is 5.59. The molecule has 0 aliphatic carbocycles. The highest BCUT2D eigenvalue weighted by Crippen LogP contribution is 2.21. The van der Waals surface area contributed by atoms with Crippen molar-refractivity contribution in [3.8, 4) is 0 Å². The summed E-state index contributed by atoms with van der Waals surface area (Å²) >= 11 is 0. The molecule has 0 saturated heterocycles. The highest BCUT2D eigenvalue weighted by molar-refractivity contribution is 6.35. The van der Waals surface area contributed by atoms with Crippen LogP contribution in [0, 0.1) is 20.8 Å². The molecule has 5 nitrogen and oxygen atoms in total. The first-order valence-electron chi connectivity index (χ1n) is 7.52. The zero-order chi connectivity index (χ0) is 16.7. The van der Waals surface area contributed by atoms with Crippen molar-refractivity contribution in [3.05, 3.63) is 34.4 Å². The highest BCUT2D eigenvalue weighted by atomic mass is 16.5. The van der Waals surface area contributed by atoms with Crippen LogP contribution in [-0.4, -0.2) is 32.1 Å². The van der Waals surface area contributed by atoms with Crippen molar-refractivity contribution in [2.24, 2.45) is 0 Å². The molecule has 1 aromatic rings. The lowest BCUT2D eigenvalue weighted by Crippen LogP contribution is -2.41. The molecule has 1 rings (SSSR count). The molecule has 0 fully saturated rings. The minimum Gasteiger partial charge on any atom is -0.385 e. The molecular weight excluding hydrogens is 280 g/mol. The second kappa shape index (κ2) is 8.54. The lowest BCUT2D eigenvalue weighted by atomic mass is 9.96. The van der Waals surface area contributed by atoms with Gasteiger partial charge in [0.05, 0.1) is 6.04 Å². The molecule has 122 valence electrons. The first kappa shape index (κ1) is 18.2. The molecule has 2 amide bonds. The summed E-state index contributed by atoms with van der Waals surface area (Å²) in [4.78, 5) is 23.6. The predicted molar refractivity (Wildman–Crippen MR) is 86.7 cm³/mol. The van der Waals surface area contributed by atoms with E-state index in [2.05, 4.69) is 29.7 Å². The Morgan fingerprint density at radius 1 is 1.09 bits per heavy atom. The number of aryl methyl sites for hydroxylation is 3. The molecule has 22 heavy (non-hydrogen) atoms. The normalized spacial score (nSPS) is 11.9. The molecule has 0 aliphatic rings. The van der Waals surface area contributed by atoms with Crippen LogP contribution in [0.5, 0.6) is 0 Å². The Morgan fingerprint density at radius 3 is 2.36 bits per heavy atom. The topological polar surface area (TPSA) is 67.4 Å². The zero-order valence-electron chi connectivity index (χ0n) is 14.1. The molecule has 0 saturated carbocycles. The number of ether oxygens (including phenoxy) is 1. The van der Waals surface area contributed by atoms with Gasteiger partial charge >= 0.3 is 11.8 Å². The van der Waals surface area contributed by atoms with Crippen molar-refractivity contribution >= 4 is 11.8 Å². The Balaban J connectivity index is 2.60. The summed E-state index contributed by atoms with van der Waals surface area (Å²) in [5.41, 5.74) is 4.53. The number of nitrogens with one attached hydrogen (secondary N) is 2. The minimum absolute atomic E-state index is 0.212. The van der Waals surface area contributed by atoms with Crippen molar-refractivity contribution in [2.45, 2.75) is 40.2 Å². The summed E-state index contributed by atoms with van der Waals surface area (Å²) < 4.78 is 4.89. The lowest BCUT2D eigenvalue weighted by molar-refractivity contribution is -0.139. The maximum absolute atomic E-state index is 11.9. The van der Waals surface area contributed by atoms with Gasteiger partial charge in [0.2, 0.25) is 0 Å². The number of carbonyl (C=O) groups excluding carboxylic acids is 2. The van der Waals surface area contributed by atoms with E-state index < -0.39 is 11.8 Å². The number of amides is 2. The molecule has 0 aliphatic heterocycles. The molecule has 2 N–H and O–H groups in total. The third-order valence-corrected chi connectivity index (χ3v) is 3.71. The van der Waals surface area contributed by atoms with Crippen molar-refractivity contribution in [2.75, 3.05) is 20.3 Å². The fourth-order valence-corrected chi connectivity index (χ4v) is 2.29. The third-order valence-electron chi connectivity index (χ3n) is 3.71. The molecule has 5 heteroatoms. The van der Waals surface area contributed by atoms with Gasteiger partial charge in [-0.2, -0.15) is 0 Å². The number of hydrogen-bond acceptors (Lipinski definition) is 3. The molecule has 0 spiro atoms. The summed E-state index contributed by atoms with van der Waals surface area (Å²) in [6.07, 6.45) is 0.682. The average Bonchev–Trinajstić information content (AvgIpc) is 2.46. The van der Waals surface area contributed by atoms with E-state index in [0.29, 0.717) is 19.6 Å². The van der Waals surface area contributed by atoms with E-state index in [0.717, 1.165) is 11.1 Å². The molecule has 0 heterocycles. The van der Waals surface area contributed by atoms with Gasteiger partial charge in [0.1, 0.15) is 0 Å². The maximum atomic E-state index is 11.9. The Bertz CT molecular complexity index is 541. The van der Waals surface area contributed by atoms with Crippen molar-refractivity contribution < 1.29 is 14.3 Å². The van der Waals surface area contributed by atoms with Gasteiger partial charge in [-0.25, -0.2) is 0 Å². The second-order valence-electron chi connectivity index (χ2n) is 5.59. The van der Waals surface area contributed by atoms with Gasteiger partial charge < -0.3 is 15.4 Å². The first-order valence-corrected chi connectivity index (χ1v) is 7.52. The standard InChI is InChI=1S/C17H26N2O3/c1-11-9-13(3)15(10-12(11)2)14(4)19-17(21)16(20)18-7-6-8-22-5/h9-10,14H,6-8H2,1-5H3,(H,18,20)(H,19,21)/t14-/m0/s1. The van der Waals surface area contributed by atoms with Gasteiger partial charge in [0.15, 0.2) is 0 Å². The fraction of sp³-hybridized carbons (Fsp3) is 0.529. The van der Waals surface area contributed by atoms with Gasteiger partial charge in [0.25, 0.3) is 0 Å². The van der Waals surface area contributed by atoms with E-state index in [1.54, 1.807) is 7.11 Å². The zero-order valence-corrected chi connectivity index (χ0v) is 14.1. The number of benzene rings is 1. The van der Waals surface area contributed by atoms with E-state index in [1.165, 1.54) is 11.1 Å². The van der Waals surface area contributed by atoms with E-state index in [1.807, 2.05) is 20.8 Å². The molecule has 0 aromatic heterocycles. The lowest BCUT2D eigenvalue weighted by Gasteiger charge is -2.18. The van der Waals surface area contributed by atoms with E-state index in [-0.39, 0.29) is 6.04 Å². The fourth-order valence-electron chi connectivity index (χ4n) is 2.29. The largest absolute Gasteiger partial charge is 0.385 e. The summed E-state index contributed by atoms with van der Waals surface area (Å²) in [5.74, 6) is -1.22. The number of hydrogen-bond donors (Lipinski definition) is 2. The van der Waals surface area contributed by atoms with Crippen LogP contribution in [0.15, 0.2) is 12.1 Å². The smallest absolute Gasteiger partial charge is 0.309 e. The summed E-state index contributed by atoms with van der Waals surface area (Å²) in [5, 5.41) is 5.32. The molecule has 1 aromatic carbocycles. The maximum Gasteiger partial charge on any atom is 0.309 e. The average molecular weight is 306 g/mol. The van der Waals surface area contributed by atoms with Gasteiger partial charge in [-0.3, -0.25) is 9.59 Å². The van der Waals surface area contributed by atoms with E-state index in [4.69, 9.17) is 4.74 Å². The Kier molecular flexibility index (Phi) is 7.05. The van der Waals surface area contributed by atoms with Crippen molar-refractivity contribution in [1.82, 2.24) is 10.6 Å². The summed E-state index contributed by atoms with van der Waals surface area (Å²) in [7, 11) is 1.60. The van der Waals surface area contributed by atoms with Gasteiger partial charge in [0, 0.05) is 20.3 Å². The van der Waals surface area contributed by atoms with Gasteiger partial charge in [-0.1, -0.05) is 12.1 Å². The van der Waals surface area contributed by atoms with Gasteiger partial charge in [-0.15, -0.1) is 0 Å². The molecule has 0 unspecified atom stereocenters. The van der Waals surface area contributed by atoms with Crippen LogP contribution >= 0.6 is 0 Å².